The summed E-state index contributed by atoms with van der Waals surface area (Å²) in [6.45, 7) is 3.42. The first-order chi connectivity index (χ1) is 8.04. The maximum absolute atomic E-state index is 13.4. The van der Waals surface area contributed by atoms with Gasteiger partial charge in [-0.15, -0.1) is 0 Å². The van der Waals surface area contributed by atoms with Crippen LogP contribution in [0, 0.1) is 17.7 Å². The molecule has 0 fully saturated rings. The number of hydrogen-bond donors (Lipinski definition) is 1. The molecule has 0 heterocycles. The summed E-state index contributed by atoms with van der Waals surface area (Å²) in [5.74, 6) is 4.95. The molecule has 0 saturated heterocycles. The molecule has 2 atom stereocenters. The van der Waals surface area contributed by atoms with E-state index in [1.54, 1.807) is 12.1 Å². The van der Waals surface area contributed by atoms with Crippen molar-refractivity contribution in [3.8, 4) is 11.8 Å². The van der Waals surface area contributed by atoms with E-state index < -0.39 is 6.17 Å². The number of rotatable bonds is 3. The van der Waals surface area contributed by atoms with E-state index in [2.05, 4.69) is 17.2 Å². The van der Waals surface area contributed by atoms with E-state index in [4.69, 9.17) is 0 Å². The van der Waals surface area contributed by atoms with Gasteiger partial charge in [0.05, 0.1) is 5.56 Å². The first kappa shape index (κ1) is 13.7. The SMILES string of the molecule is CN[C@H](C)c1ccc(F)c(C#CCC(C)F)c1. The average Bonchev–Trinajstić information content (AvgIpc) is 2.30. The fourth-order valence-corrected chi connectivity index (χ4v) is 1.36. The highest BCUT2D eigenvalue weighted by Gasteiger charge is 2.06. The van der Waals surface area contributed by atoms with Crippen molar-refractivity contribution in [3.63, 3.8) is 0 Å². The van der Waals surface area contributed by atoms with Crippen molar-refractivity contribution >= 4 is 0 Å². The van der Waals surface area contributed by atoms with Gasteiger partial charge in [-0.2, -0.15) is 0 Å². The third-order valence-corrected chi connectivity index (χ3v) is 2.53. The van der Waals surface area contributed by atoms with E-state index in [0.29, 0.717) is 5.56 Å². The van der Waals surface area contributed by atoms with Gasteiger partial charge >= 0.3 is 0 Å². The standard InChI is InChI=1S/C14H17F2N/c1-10(15)5-4-6-13-9-12(11(2)17-3)7-8-14(13)16/h7-11,17H,5H2,1-3H3/t10?,11-/m1/s1. The van der Waals surface area contributed by atoms with Crippen molar-refractivity contribution in [2.45, 2.75) is 32.5 Å². The van der Waals surface area contributed by atoms with Crippen molar-refractivity contribution in [2.24, 2.45) is 0 Å². The van der Waals surface area contributed by atoms with E-state index in [-0.39, 0.29) is 18.3 Å². The molecule has 17 heavy (non-hydrogen) atoms. The van der Waals surface area contributed by atoms with Crippen LogP contribution in [0.1, 0.15) is 37.4 Å². The summed E-state index contributed by atoms with van der Waals surface area (Å²) in [6.07, 6.45) is -0.851. The second kappa shape index (κ2) is 6.36. The molecule has 0 bridgehead atoms. The van der Waals surface area contributed by atoms with Crippen LogP contribution in [0.2, 0.25) is 0 Å². The predicted molar refractivity (Wildman–Crippen MR) is 65.9 cm³/mol. The summed E-state index contributed by atoms with van der Waals surface area (Å²) >= 11 is 0. The highest BCUT2D eigenvalue weighted by Crippen LogP contribution is 2.16. The first-order valence-electron chi connectivity index (χ1n) is 5.64. The molecule has 3 heteroatoms. The van der Waals surface area contributed by atoms with Gasteiger partial charge in [0.15, 0.2) is 0 Å². The van der Waals surface area contributed by atoms with Gasteiger partial charge in [0.25, 0.3) is 0 Å². The number of benzene rings is 1. The van der Waals surface area contributed by atoms with Crippen molar-refractivity contribution in [1.82, 2.24) is 5.32 Å². The van der Waals surface area contributed by atoms with E-state index in [0.717, 1.165) is 5.56 Å². The molecule has 1 aromatic carbocycles. The molecule has 1 rings (SSSR count). The first-order valence-corrected chi connectivity index (χ1v) is 5.64. The van der Waals surface area contributed by atoms with Gasteiger partial charge in [0.2, 0.25) is 0 Å². The molecule has 1 nitrogen and oxygen atoms in total. The van der Waals surface area contributed by atoms with Gasteiger partial charge in [-0.1, -0.05) is 17.9 Å². The lowest BCUT2D eigenvalue weighted by Gasteiger charge is -2.10. The Morgan fingerprint density at radius 3 is 2.65 bits per heavy atom. The Morgan fingerprint density at radius 2 is 2.06 bits per heavy atom. The lowest BCUT2D eigenvalue weighted by molar-refractivity contribution is 0.369. The zero-order chi connectivity index (χ0) is 12.8. The maximum atomic E-state index is 13.4. The highest BCUT2D eigenvalue weighted by molar-refractivity contribution is 5.39. The Labute approximate surface area is 101 Å². The van der Waals surface area contributed by atoms with Crippen molar-refractivity contribution < 1.29 is 8.78 Å². The molecule has 1 N–H and O–H groups in total. The van der Waals surface area contributed by atoms with Crippen LogP contribution in [0.3, 0.4) is 0 Å². The Kier molecular flexibility index (Phi) is 5.11. The fraction of sp³-hybridized carbons (Fsp3) is 0.429. The summed E-state index contributed by atoms with van der Waals surface area (Å²) in [6, 6.07) is 4.95. The second-order valence-electron chi connectivity index (χ2n) is 4.04. The topological polar surface area (TPSA) is 12.0 Å². The molecule has 0 aromatic heterocycles. The zero-order valence-electron chi connectivity index (χ0n) is 10.3. The van der Waals surface area contributed by atoms with Gasteiger partial charge in [-0.05, 0) is 38.6 Å². The summed E-state index contributed by atoms with van der Waals surface area (Å²) in [7, 11) is 1.84. The third kappa shape index (κ3) is 4.16. The van der Waals surface area contributed by atoms with Gasteiger partial charge in [0, 0.05) is 12.5 Å². The fourth-order valence-electron chi connectivity index (χ4n) is 1.36. The summed E-state index contributed by atoms with van der Waals surface area (Å²) in [4.78, 5) is 0. The average molecular weight is 237 g/mol. The highest BCUT2D eigenvalue weighted by atomic mass is 19.1. The molecular formula is C14H17F2N. The number of nitrogens with one attached hydrogen (secondary N) is 1. The van der Waals surface area contributed by atoms with E-state index in [9.17, 15) is 8.78 Å². The Bertz CT molecular complexity index is 430. The van der Waals surface area contributed by atoms with Crippen LogP contribution in [0.25, 0.3) is 0 Å². The lowest BCUT2D eigenvalue weighted by atomic mass is 10.0. The van der Waals surface area contributed by atoms with Crippen LogP contribution < -0.4 is 5.32 Å². The molecule has 0 radical (unpaired) electrons. The molecule has 0 aliphatic heterocycles. The van der Waals surface area contributed by atoms with Crippen molar-refractivity contribution in [1.29, 1.82) is 0 Å². The number of halogens is 2. The van der Waals surface area contributed by atoms with Crippen LogP contribution in [0.5, 0.6) is 0 Å². The van der Waals surface area contributed by atoms with Crippen molar-refractivity contribution in [2.75, 3.05) is 7.05 Å². The molecular weight excluding hydrogens is 220 g/mol. The minimum atomic E-state index is -0.982. The minimum absolute atomic E-state index is 0.130. The number of alkyl halides is 1. The molecule has 0 aliphatic carbocycles. The molecule has 1 aromatic rings. The van der Waals surface area contributed by atoms with E-state index in [1.807, 2.05) is 14.0 Å². The quantitative estimate of drug-likeness (QED) is 0.796. The van der Waals surface area contributed by atoms with Crippen molar-refractivity contribution in [3.05, 3.63) is 35.1 Å². The summed E-state index contributed by atoms with van der Waals surface area (Å²) in [5, 5.41) is 3.07. The Morgan fingerprint density at radius 1 is 1.35 bits per heavy atom. The molecule has 0 spiro atoms. The maximum Gasteiger partial charge on any atom is 0.138 e. The third-order valence-electron chi connectivity index (χ3n) is 2.53. The largest absolute Gasteiger partial charge is 0.313 e. The van der Waals surface area contributed by atoms with Crippen LogP contribution in [-0.2, 0) is 0 Å². The van der Waals surface area contributed by atoms with Crippen LogP contribution in [-0.4, -0.2) is 13.2 Å². The molecule has 0 aliphatic rings. The van der Waals surface area contributed by atoms with Gasteiger partial charge in [0.1, 0.15) is 12.0 Å². The monoisotopic (exact) mass is 237 g/mol. The van der Waals surface area contributed by atoms with Gasteiger partial charge in [-0.25, -0.2) is 8.78 Å². The van der Waals surface area contributed by atoms with Gasteiger partial charge in [-0.3, -0.25) is 0 Å². The van der Waals surface area contributed by atoms with Crippen LogP contribution >= 0.6 is 0 Å². The van der Waals surface area contributed by atoms with E-state index >= 15 is 0 Å². The smallest absolute Gasteiger partial charge is 0.138 e. The summed E-state index contributed by atoms with van der Waals surface area (Å²) < 4.78 is 26.0. The normalized spacial score (nSPS) is 13.7. The summed E-state index contributed by atoms with van der Waals surface area (Å²) in [5.41, 5.74) is 1.29. The Hall–Kier alpha value is -1.40. The van der Waals surface area contributed by atoms with Crippen LogP contribution in [0.4, 0.5) is 8.78 Å². The zero-order valence-corrected chi connectivity index (χ0v) is 10.3. The minimum Gasteiger partial charge on any atom is -0.313 e. The molecule has 0 amide bonds. The molecule has 0 saturated carbocycles. The van der Waals surface area contributed by atoms with Gasteiger partial charge < -0.3 is 5.32 Å². The number of hydrogen-bond acceptors (Lipinski definition) is 1. The van der Waals surface area contributed by atoms with Crippen LogP contribution in [0.15, 0.2) is 18.2 Å². The molecule has 92 valence electrons. The predicted octanol–water partition coefficient (Wildman–Crippen LogP) is 3.21. The Balaban J connectivity index is 2.93. The second-order valence-corrected chi connectivity index (χ2v) is 4.04. The lowest BCUT2D eigenvalue weighted by Crippen LogP contribution is -2.12. The molecule has 1 unspecified atom stereocenters. The van der Waals surface area contributed by atoms with E-state index in [1.165, 1.54) is 13.0 Å².